The van der Waals surface area contributed by atoms with Gasteiger partial charge in [-0.15, -0.1) is 0 Å². The van der Waals surface area contributed by atoms with Crippen LogP contribution in [0.2, 0.25) is 5.02 Å². The Labute approximate surface area is 95.4 Å². The number of phosphoric acid groups is 1. The molecule has 0 saturated carbocycles. The fourth-order valence-electron chi connectivity index (χ4n) is 1.08. The topological polar surface area (TPSA) is 114 Å². The molecule has 0 spiro atoms. The molecule has 1 aromatic heterocycles. The molecule has 8 heteroatoms. The molecule has 0 aliphatic carbocycles. The van der Waals surface area contributed by atoms with E-state index in [0.29, 0.717) is 5.02 Å². The van der Waals surface area contributed by atoms with E-state index in [0.717, 1.165) is 10.9 Å². The van der Waals surface area contributed by atoms with Crippen molar-refractivity contribution in [2.45, 2.75) is 0 Å². The summed E-state index contributed by atoms with van der Waals surface area (Å²) in [5.41, 5.74) is 0.856. The lowest BCUT2D eigenvalue weighted by atomic mass is 10.2. The van der Waals surface area contributed by atoms with E-state index in [1.807, 2.05) is 0 Å². The molecule has 0 fully saturated rings. The van der Waals surface area contributed by atoms with Crippen molar-refractivity contribution in [2.24, 2.45) is 0 Å². The van der Waals surface area contributed by atoms with Crippen LogP contribution in [0.3, 0.4) is 0 Å². The summed E-state index contributed by atoms with van der Waals surface area (Å²) in [5, 5.41) is 10.7. The Morgan fingerprint density at radius 1 is 1.25 bits per heavy atom. The van der Waals surface area contributed by atoms with E-state index in [9.17, 15) is 5.11 Å². The number of aromatic nitrogens is 1. The van der Waals surface area contributed by atoms with Gasteiger partial charge in [0.25, 0.3) is 0 Å². The molecule has 0 radical (unpaired) electrons. The molecule has 0 unspecified atom stereocenters. The Balaban J connectivity index is 0.000000221. The third-order valence-electron chi connectivity index (χ3n) is 1.62. The minimum atomic E-state index is -4.64. The number of benzene rings is 1. The van der Waals surface area contributed by atoms with Crippen molar-refractivity contribution >= 4 is 30.3 Å². The fraction of sp³-hybridized carbons (Fsp3) is 0. The van der Waals surface area contributed by atoms with Crippen molar-refractivity contribution in [1.82, 2.24) is 4.98 Å². The molecule has 6 nitrogen and oxygen atoms in total. The Bertz CT molecular complexity index is 526. The summed E-state index contributed by atoms with van der Waals surface area (Å²) in [5.74, 6) is 0.261. The molecule has 5 N–H and O–H groups in total. The maximum Gasteiger partial charge on any atom is 0.466 e. The number of hydrogen-bond acceptors (Lipinski definition) is 2. The van der Waals surface area contributed by atoms with Crippen LogP contribution in [0.25, 0.3) is 10.9 Å². The molecule has 0 bridgehead atoms. The van der Waals surface area contributed by atoms with E-state index < -0.39 is 7.82 Å². The number of hydrogen-bond donors (Lipinski definition) is 5. The van der Waals surface area contributed by atoms with Gasteiger partial charge < -0.3 is 24.8 Å². The molecule has 0 aliphatic heterocycles. The summed E-state index contributed by atoms with van der Waals surface area (Å²) in [6.45, 7) is 0. The predicted molar refractivity (Wildman–Crippen MR) is 59.2 cm³/mol. The highest BCUT2D eigenvalue weighted by molar-refractivity contribution is 7.45. The minimum Gasteiger partial charge on any atom is -0.506 e. The summed E-state index contributed by atoms with van der Waals surface area (Å²) in [6, 6.07) is 5.30. The first-order valence-electron chi connectivity index (χ1n) is 4.01. The van der Waals surface area contributed by atoms with Gasteiger partial charge in [-0.2, -0.15) is 0 Å². The van der Waals surface area contributed by atoms with Gasteiger partial charge in [0.05, 0.1) is 5.52 Å². The van der Waals surface area contributed by atoms with Crippen molar-refractivity contribution in [3.8, 4) is 5.75 Å². The number of fused-ring (bicyclic) bond motifs is 1. The quantitative estimate of drug-likeness (QED) is 0.464. The van der Waals surface area contributed by atoms with Crippen LogP contribution in [0.15, 0.2) is 24.4 Å². The lowest BCUT2D eigenvalue weighted by Gasteiger charge is -1.90. The monoisotopic (exact) mass is 265 g/mol. The van der Waals surface area contributed by atoms with Gasteiger partial charge in [0, 0.05) is 16.6 Å². The van der Waals surface area contributed by atoms with Crippen LogP contribution in [-0.4, -0.2) is 24.8 Å². The summed E-state index contributed by atoms with van der Waals surface area (Å²) in [6.07, 6.45) is 1.54. The van der Waals surface area contributed by atoms with Crippen LogP contribution >= 0.6 is 19.4 Å². The van der Waals surface area contributed by atoms with E-state index in [-0.39, 0.29) is 5.75 Å². The zero-order chi connectivity index (χ0) is 12.3. The van der Waals surface area contributed by atoms with Crippen LogP contribution in [-0.2, 0) is 4.57 Å². The van der Waals surface area contributed by atoms with Gasteiger partial charge in [-0.1, -0.05) is 11.6 Å². The SMILES string of the molecule is O=P(O)(O)O.Oc1c[nH]c2cc(Cl)ccc12. The number of rotatable bonds is 0. The molecule has 0 amide bonds. The third kappa shape index (κ3) is 4.22. The normalized spacial score (nSPS) is 11.0. The molecular formula is C8H9ClNO5P. The van der Waals surface area contributed by atoms with Gasteiger partial charge in [-0.3, -0.25) is 0 Å². The first-order chi connectivity index (χ1) is 7.27. The highest BCUT2D eigenvalue weighted by Gasteiger charge is 2.00. The van der Waals surface area contributed by atoms with E-state index in [1.165, 1.54) is 0 Å². The summed E-state index contributed by atoms with van der Waals surface area (Å²) in [7, 11) is -4.64. The fourth-order valence-corrected chi connectivity index (χ4v) is 1.26. The Kier molecular flexibility index (Phi) is 3.96. The molecule has 2 aromatic rings. The minimum absolute atomic E-state index is 0.261. The second-order valence-electron chi connectivity index (χ2n) is 2.88. The van der Waals surface area contributed by atoms with Crippen LogP contribution in [0.5, 0.6) is 5.75 Å². The zero-order valence-corrected chi connectivity index (χ0v) is 9.48. The van der Waals surface area contributed by atoms with Crippen LogP contribution in [0.4, 0.5) is 0 Å². The van der Waals surface area contributed by atoms with E-state index in [1.54, 1.807) is 24.4 Å². The third-order valence-corrected chi connectivity index (χ3v) is 1.86. The number of halogens is 1. The van der Waals surface area contributed by atoms with Crippen molar-refractivity contribution in [1.29, 1.82) is 0 Å². The second kappa shape index (κ2) is 4.86. The van der Waals surface area contributed by atoms with Crippen LogP contribution in [0, 0.1) is 0 Å². The zero-order valence-electron chi connectivity index (χ0n) is 7.83. The Morgan fingerprint density at radius 2 is 1.81 bits per heavy atom. The lowest BCUT2D eigenvalue weighted by molar-refractivity contribution is 0.275. The Morgan fingerprint density at radius 3 is 2.38 bits per heavy atom. The molecule has 1 aromatic carbocycles. The lowest BCUT2D eigenvalue weighted by Crippen LogP contribution is -1.66. The first kappa shape index (κ1) is 13.0. The van der Waals surface area contributed by atoms with Gasteiger partial charge in [0.2, 0.25) is 0 Å². The molecule has 0 aliphatic rings. The second-order valence-corrected chi connectivity index (χ2v) is 4.34. The molecule has 0 saturated heterocycles. The van der Waals surface area contributed by atoms with Gasteiger partial charge in [-0.05, 0) is 18.2 Å². The smallest absolute Gasteiger partial charge is 0.466 e. The maximum absolute atomic E-state index is 9.23. The average molecular weight is 266 g/mol. The number of H-pyrrole nitrogens is 1. The maximum atomic E-state index is 9.23. The van der Waals surface area contributed by atoms with Gasteiger partial charge >= 0.3 is 7.82 Å². The van der Waals surface area contributed by atoms with Crippen molar-refractivity contribution in [3.05, 3.63) is 29.4 Å². The van der Waals surface area contributed by atoms with E-state index in [2.05, 4.69) is 4.98 Å². The number of aromatic hydroxyl groups is 1. The summed E-state index contributed by atoms with van der Waals surface area (Å²) in [4.78, 5) is 24.5. The molecule has 88 valence electrons. The van der Waals surface area contributed by atoms with Crippen LogP contribution in [0.1, 0.15) is 0 Å². The van der Waals surface area contributed by atoms with Gasteiger partial charge in [-0.25, -0.2) is 4.57 Å². The van der Waals surface area contributed by atoms with Crippen molar-refractivity contribution in [3.63, 3.8) is 0 Å². The molecule has 16 heavy (non-hydrogen) atoms. The molecule has 0 atom stereocenters. The van der Waals surface area contributed by atoms with E-state index >= 15 is 0 Å². The highest BCUT2D eigenvalue weighted by atomic mass is 35.5. The van der Waals surface area contributed by atoms with Gasteiger partial charge in [0.1, 0.15) is 5.75 Å². The van der Waals surface area contributed by atoms with Crippen molar-refractivity contribution < 1.29 is 24.4 Å². The highest BCUT2D eigenvalue weighted by Crippen LogP contribution is 2.26. The largest absolute Gasteiger partial charge is 0.506 e. The molecule has 2 rings (SSSR count). The van der Waals surface area contributed by atoms with E-state index in [4.69, 9.17) is 30.8 Å². The molecular weight excluding hydrogens is 257 g/mol. The number of aromatic amines is 1. The van der Waals surface area contributed by atoms with Crippen molar-refractivity contribution in [2.75, 3.05) is 0 Å². The van der Waals surface area contributed by atoms with Crippen LogP contribution < -0.4 is 0 Å². The first-order valence-corrected chi connectivity index (χ1v) is 5.95. The summed E-state index contributed by atoms with van der Waals surface area (Å²) < 4.78 is 8.88. The molecule has 1 heterocycles. The summed E-state index contributed by atoms with van der Waals surface area (Å²) >= 11 is 5.73. The standard InChI is InChI=1S/C8H6ClNO.H3O4P/c9-5-1-2-6-7(3-5)10-4-8(6)11;1-5(2,3)4/h1-4,10-11H;(H3,1,2,3,4). The predicted octanol–water partition coefficient (Wildman–Crippen LogP) is 1.60. The van der Waals surface area contributed by atoms with Gasteiger partial charge in [0.15, 0.2) is 0 Å². The number of nitrogens with one attached hydrogen (secondary N) is 1. The average Bonchev–Trinajstić information content (AvgIpc) is 2.44. The Hall–Kier alpha value is -1.04.